The maximum atomic E-state index is 11.8. The number of carbonyl (C=O) groups excluding carboxylic acids is 1. The highest BCUT2D eigenvalue weighted by Crippen LogP contribution is 2.16. The lowest BCUT2D eigenvalue weighted by atomic mass is 10.0. The van der Waals surface area contributed by atoms with E-state index in [4.69, 9.17) is 15.5 Å². The van der Waals surface area contributed by atoms with Gasteiger partial charge in [0.2, 0.25) is 0 Å². The van der Waals surface area contributed by atoms with Crippen LogP contribution in [0.15, 0.2) is 24.3 Å². The van der Waals surface area contributed by atoms with Crippen LogP contribution in [0.25, 0.3) is 0 Å². The van der Waals surface area contributed by atoms with Crippen molar-refractivity contribution in [3.05, 3.63) is 35.4 Å². The van der Waals surface area contributed by atoms with Crippen molar-refractivity contribution < 1.29 is 14.6 Å². The SMILES string of the molecule is CCC(N)c1cccc(C(=O)OOC(C)(C)C)c1.Cl. The van der Waals surface area contributed by atoms with Crippen LogP contribution in [-0.4, -0.2) is 11.6 Å². The highest BCUT2D eigenvalue weighted by Gasteiger charge is 2.17. The molecule has 108 valence electrons. The molecule has 0 spiro atoms. The first-order chi connectivity index (χ1) is 8.33. The van der Waals surface area contributed by atoms with Gasteiger partial charge in [0.1, 0.15) is 5.60 Å². The third-order valence-corrected chi connectivity index (χ3v) is 2.36. The molecule has 1 unspecified atom stereocenters. The fraction of sp³-hybridized carbons (Fsp3) is 0.500. The zero-order valence-corrected chi connectivity index (χ0v) is 12.6. The Morgan fingerprint density at radius 2 is 2.00 bits per heavy atom. The Hall–Kier alpha value is -1.10. The number of hydrogen-bond donors (Lipinski definition) is 1. The maximum absolute atomic E-state index is 11.8. The lowest BCUT2D eigenvalue weighted by Gasteiger charge is -2.17. The number of hydrogen-bond acceptors (Lipinski definition) is 4. The number of carbonyl (C=O) groups is 1. The molecule has 0 fully saturated rings. The molecule has 0 aliphatic carbocycles. The van der Waals surface area contributed by atoms with Crippen molar-refractivity contribution in [1.82, 2.24) is 0 Å². The minimum absolute atomic E-state index is 0. The molecule has 0 amide bonds. The first-order valence-corrected chi connectivity index (χ1v) is 6.09. The van der Waals surface area contributed by atoms with E-state index in [-0.39, 0.29) is 18.4 Å². The summed E-state index contributed by atoms with van der Waals surface area (Å²) in [6.45, 7) is 7.43. The molecule has 5 heteroatoms. The van der Waals surface area contributed by atoms with Crippen LogP contribution in [0.4, 0.5) is 0 Å². The van der Waals surface area contributed by atoms with Crippen molar-refractivity contribution in [3.63, 3.8) is 0 Å². The van der Waals surface area contributed by atoms with Crippen molar-refractivity contribution in [2.75, 3.05) is 0 Å². The van der Waals surface area contributed by atoms with Gasteiger partial charge in [-0.15, -0.1) is 12.4 Å². The summed E-state index contributed by atoms with van der Waals surface area (Å²) >= 11 is 0. The quantitative estimate of drug-likeness (QED) is 0.681. The molecule has 1 aromatic carbocycles. The van der Waals surface area contributed by atoms with E-state index < -0.39 is 11.6 Å². The molecule has 0 aliphatic rings. The van der Waals surface area contributed by atoms with Gasteiger partial charge in [-0.25, -0.2) is 4.79 Å². The van der Waals surface area contributed by atoms with E-state index in [0.717, 1.165) is 12.0 Å². The second kappa shape index (κ2) is 7.48. The summed E-state index contributed by atoms with van der Waals surface area (Å²) in [4.78, 5) is 21.5. The maximum Gasteiger partial charge on any atom is 0.373 e. The van der Waals surface area contributed by atoms with E-state index in [1.54, 1.807) is 18.2 Å². The van der Waals surface area contributed by atoms with Gasteiger partial charge < -0.3 is 5.73 Å². The van der Waals surface area contributed by atoms with Gasteiger partial charge in [0, 0.05) is 6.04 Å². The van der Waals surface area contributed by atoms with E-state index in [1.807, 2.05) is 33.8 Å². The minimum Gasteiger partial charge on any atom is -0.324 e. The molecule has 1 aromatic rings. The van der Waals surface area contributed by atoms with E-state index in [9.17, 15) is 4.79 Å². The lowest BCUT2D eigenvalue weighted by molar-refractivity contribution is -0.301. The summed E-state index contributed by atoms with van der Waals surface area (Å²) in [7, 11) is 0. The van der Waals surface area contributed by atoms with Crippen LogP contribution in [0, 0.1) is 0 Å². The number of benzene rings is 1. The Morgan fingerprint density at radius 3 is 2.53 bits per heavy atom. The van der Waals surface area contributed by atoms with Crippen molar-refractivity contribution in [3.8, 4) is 0 Å². The first-order valence-electron chi connectivity index (χ1n) is 6.09. The van der Waals surface area contributed by atoms with Gasteiger partial charge in [-0.3, -0.25) is 4.89 Å². The summed E-state index contributed by atoms with van der Waals surface area (Å²) in [5.41, 5.74) is 6.77. The average Bonchev–Trinajstić information content (AvgIpc) is 2.34. The molecule has 1 rings (SSSR count). The topological polar surface area (TPSA) is 61.6 Å². The van der Waals surface area contributed by atoms with Crippen LogP contribution in [0.1, 0.15) is 56.1 Å². The van der Waals surface area contributed by atoms with Crippen molar-refractivity contribution in [2.24, 2.45) is 5.73 Å². The summed E-state index contributed by atoms with van der Waals surface area (Å²) in [5, 5.41) is 0. The highest BCUT2D eigenvalue weighted by molar-refractivity contribution is 5.89. The number of halogens is 1. The van der Waals surface area contributed by atoms with Crippen molar-refractivity contribution >= 4 is 18.4 Å². The van der Waals surface area contributed by atoms with E-state index in [1.165, 1.54) is 0 Å². The number of nitrogens with two attached hydrogens (primary N) is 1. The van der Waals surface area contributed by atoms with Gasteiger partial charge in [0.05, 0.1) is 5.56 Å². The predicted octanol–water partition coefficient (Wildman–Crippen LogP) is 3.41. The van der Waals surface area contributed by atoms with E-state index in [2.05, 4.69) is 0 Å². The van der Waals surface area contributed by atoms with Gasteiger partial charge >= 0.3 is 5.97 Å². The predicted molar refractivity (Wildman–Crippen MR) is 77.2 cm³/mol. The van der Waals surface area contributed by atoms with E-state index in [0.29, 0.717) is 5.56 Å². The molecule has 2 N–H and O–H groups in total. The second-order valence-corrected chi connectivity index (χ2v) is 5.21. The molecular formula is C14H22ClNO3. The van der Waals surface area contributed by atoms with Crippen LogP contribution >= 0.6 is 12.4 Å². The third kappa shape index (κ3) is 6.05. The fourth-order valence-electron chi connectivity index (χ4n) is 1.34. The molecule has 0 bridgehead atoms. The summed E-state index contributed by atoms with van der Waals surface area (Å²) in [6.07, 6.45) is 0.816. The Bertz CT molecular complexity index is 415. The molecule has 0 heterocycles. The fourth-order valence-corrected chi connectivity index (χ4v) is 1.34. The highest BCUT2D eigenvalue weighted by atomic mass is 35.5. The van der Waals surface area contributed by atoms with Gasteiger partial charge in [-0.2, -0.15) is 4.89 Å². The molecule has 0 radical (unpaired) electrons. The van der Waals surface area contributed by atoms with Gasteiger partial charge in [-0.1, -0.05) is 19.1 Å². The molecule has 0 aliphatic heterocycles. The molecule has 0 saturated heterocycles. The Labute approximate surface area is 120 Å². The largest absolute Gasteiger partial charge is 0.373 e. The van der Waals surface area contributed by atoms with E-state index >= 15 is 0 Å². The van der Waals surface area contributed by atoms with Gasteiger partial charge in [0.15, 0.2) is 0 Å². The zero-order valence-electron chi connectivity index (χ0n) is 11.8. The minimum atomic E-state index is -0.521. The molecular weight excluding hydrogens is 266 g/mol. The first kappa shape index (κ1) is 17.9. The van der Waals surface area contributed by atoms with Crippen LogP contribution in [0.5, 0.6) is 0 Å². The molecule has 19 heavy (non-hydrogen) atoms. The summed E-state index contributed by atoms with van der Waals surface area (Å²) in [5.74, 6) is -0.505. The summed E-state index contributed by atoms with van der Waals surface area (Å²) in [6, 6.07) is 7.04. The van der Waals surface area contributed by atoms with Crippen LogP contribution in [-0.2, 0) is 9.78 Å². The van der Waals surface area contributed by atoms with Crippen molar-refractivity contribution in [1.29, 1.82) is 0 Å². The molecule has 1 atom stereocenters. The van der Waals surface area contributed by atoms with Crippen LogP contribution in [0.3, 0.4) is 0 Å². The number of rotatable bonds is 4. The van der Waals surface area contributed by atoms with Gasteiger partial charge in [-0.05, 0) is 44.9 Å². The Kier molecular flexibility index (Phi) is 7.05. The smallest absolute Gasteiger partial charge is 0.324 e. The van der Waals surface area contributed by atoms with Crippen LogP contribution in [0.2, 0.25) is 0 Å². The van der Waals surface area contributed by atoms with Crippen LogP contribution < -0.4 is 5.73 Å². The molecule has 4 nitrogen and oxygen atoms in total. The molecule has 0 saturated carbocycles. The normalized spacial score (nSPS) is 12.5. The second-order valence-electron chi connectivity index (χ2n) is 5.21. The summed E-state index contributed by atoms with van der Waals surface area (Å²) < 4.78 is 0. The zero-order chi connectivity index (χ0) is 13.8. The van der Waals surface area contributed by atoms with Crippen molar-refractivity contribution in [2.45, 2.75) is 45.8 Å². The third-order valence-electron chi connectivity index (χ3n) is 2.36. The van der Waals surface area contributed by atoms with Gasteiger partial charge in [0.25, 0.3) is 0 Å². The Morgan fingerprint density at radius 1 is 1.37 bits per heavy atom. The average molecular weight is 288 g/mol. The molecule has 0 aromatic heterocycles. The lowest BCUT2D eigenvalue weighted by Crippen LogP contribution is -2.22. The monoisotopic (exact) mass is 287 g/mol. The Balaban J connectivity index is 0.00000324. The standard InChI is InChI=1S/C14H21NO3.ClH/c1-5-12(15)10-7-6-8-11(9-10)13(16)17-18-14(2,3)4;/h6-9,12H,5,15H2,1-4H3;1H.